The third kappa shape index (κ3) is 3.75. The zero-order chi connectivity index (χ0) is 17.9. The number of nitrogens with zero attached hydrogens (tertiary/aromatic N) is 4. The molecule has 1 aromatic carbocycles. The van der Waals surface area contributed by atoms with Crippen LogP contribution in [-0.4, -0.2) is 26.0 Å². The molecule has 0 fully saturated rings. The van der Waals surface area contributed by atoms with Crippen molar-refractivity contribution in [3.8, 4) is 0 Å². The average molecular weight is 403 g/mol. The molecule has 132 valence electrons. The molecule has 0 unspecified atom stereocenters. The monoisotopic (exact) mass is 402 g/mol. The lowest BCUT2D eigenvalue weighted by Gasteiger charge is -2.08. The van der Waals surface area contributed by atoms with Gasteiger partial charge in [0.1, 0.15) is 17.2 Å². The second-order valence-corrected chi connectivity index (χ2v) is 7.79. The highest BCUT2D eigenvalue weighted by atomic mass is 35.5. The molecule has 0 saturated heterocycles. The third-order valence-electron chi connectivity index (χ3n) is 3.89. The molecule has 0 bridgehead atoms. The minimum Gasteiger partial charge on any atom is -0.467 e. The Hall–Kier alpha value is -1.96. The first-order chi connectivity index (χ1) is 12.7. The van der Waals surface area contributed by atoms with Gasteiger partial charge in [0.25, 0.3) is 0 Å². The summed E-state index contributed by atoms with van der Waals surface area (Å²) in [6.07, 6.45) is 5.41. The number of benzene rings is 1. The molecule has 0 spiro atoms. The molecule has 0 N–H and O–H groups in total. The Labute approximate surface area is 164 Å². The van der Waals surface area contributed by atoms with Crippen LogP contribution >= 0.6 is 35.1 Å². The Morgan fingerprint density at radius 3 is 2.96 bits per heavy atom. The molecule has 4 rings (SSSR count). The highest BCUT2D eigenvalue weighted by molar-refractivity contribution is 7.98. The lowest BCUT2D eigenvalue weighted by Crippen LogP contribution is -1.99. The summed E-state index contributed by atoms with van der Waals surface area (Å²) in [6, 6.07) is 12.1. The van der Waals surface area contributed by atoms with E-state index in [0.29, 0.717) is 17.5 Å². The molecule has 0 aliphatic rings. The Kier molecular flexibility index (Phi) is 5.19. The molecule has 0 amide bonds. The largest absolute Gasteiger partial charge is 0.467 e. The van der Waals surface area contributed by atoms with Gasteiger partial charge >= 0.3 is 0 Å². The Morgan fingerprint density at radius 2 is 2.15 bits per heavy atom. The van der Waals surface area contributed by atoms with E-state index in [2.05, 4.69) is 39.4 Å². The molecule has 0 aliphatic carbocycles. The molecule has 0 radical (unpaired) electrons. The molecule has 5 nitrogen and oxygen atoms in total. The predicted molar refractivity (Wildman–Crippen MR) is 106 cm³/mol. The van der Waals surface area contributed by atoms with Crippen molar-refractivity contribution in [1.82, 2.24) is 19.7 Å². The SMILES string of the molecule is CSc1ccc2cc(CSc3nncn3Cc3ccco3)c(Cl)nc2c1. The van der Waals surface area contributed by atoms with Crippen LogP contribution in [0.25, 0.3) is 10.9 Å². The summed E-state index contributed by atoms with van der Waals surface area (Å²) in [6.45, 7) is 0.601. The zero-order valence-electron chi connectivity index (χ0n) is 13.9. The smallest absolute Gasteiger partial charge is 0.191 e. The maximum absolute atomic E-state index is 6.40. The molecule has 3 aromatic heterocycles. The van der Waals surface area contributed by atoms with Crippen LogP contribution in [0.15, 0.2) is 63.5 Å². The molecule has 0 atom stereocenters. The summed E-state index contributed by atoms with van der Waals surface area (Å²) in [5, 5.41) is 10.6. The van der Waals surface area contributed by atoms with Gasteiger partial charge in [0.05, 0.1) is 18.3 Å². The van der Waals surface area contributed by atoms with Crippen LogP contribution in [0.3, 0.4) is 0 Å². The minimum atomic E-state index is 0.528. The van der Waals surface area contributed by atoms with Gasteiger partial charge in [-0.2, -0.15) is 0 Å². The second-order valence-electron chi connectivity index (χ2n) is 5.61. The summed E-state index contributed by atoms with van der Waals surface area (Å²) in [7, 11) is 0. The molecule has 0 aliphatic heterocycles. The summed E-state index contributed by atoms with van der Waals surface area (Å²) in [5.74, 6) is 1.53. The first-order valence-corrected chi connectivity index (χ1v) is 10.5. The first-order valence-electron chi connectivity index (χ1n) is 7.89. The maximum Gasteiger partial charge on any atom is 0.191 e. The predicted octanol–water partition coefficient (Wildman–Crippen LogP) is 5.14. The van der Waals surface area contributed by atoms with E-state index >= 15 is 0 Å². The lowest BCUT2D eigenvalue weighted by atomic mass is 10.2. The number of fused-ring (bicyclic) bond motifs is 1. The highest BCUT2D eigenvalue weighted by Crippen LogP contribution is 2.29. The third-order valence-corrected chi connectivity index (χ3v) is 5.98. The number of pyridine rings is 1. The summed E-state index contributed by atoms with van der Waals surface area (Å²) >= 11 is 9.68. The molecular formula is C18H15ClN4OS2. The standard InChI is InChI=1S/C18H15ClN4OS2/c1-25-15-5-4-12-7-13(17(19)21-16(12)8-15)10-26-18-22-20-11-23(18)9-14-3-2-6-24-14/h2-8,11H,9-10H2,1H3. The first kappa shape index (κ1) is 17.5. The number of hydrogen-bond donors (Lipinski definition) is 0. The van der Waals surface area contributed by atoms with Crippen molar-refractivity contribution >= 4 is 46.0 Å². The number of hydrogen-bond acceptors (Lipinski definition) is 6. The van der Waals surface area contributed by atoms with Gasteiger partial charge in [0.2, 0.25) is 0 Å². The summed E-state index contributed by atoms with van der Waals surface area (Å²) in [4.78, 5) is 5.72. The van der Waals surface area contributed by atoms with Crippen molar-refractivity contribution in [2.45, 2.75) is 22.3 Å². The Balaban J connectivity index is 1.53. The van der Waals surface area contributed by atoms with E-state index in [1.165, 1.54) is 4.90 Å². The number of furan rings is 1. The number of thioether (sulfide) groups is 2. The molecule has 0 saturated carbocycles. The van der Waals surface area contributed by atoms with Crippen molar-refractivity contribution in [1.29, 1.82) is 0 Å². The van der Waals surface area contributed by atoms with Crippen LogP contribution < -0.4 is 0 Å². The summed E-state index contributed by atoms with van der Waals surface area (Å²) in [5.41, 5.74) is 1.89. The Bertz CT molecular complexity index is 1030. The van der Waals surface area contributed by atoms with Gasteiger partial charge in [0.15, 0.2) is 5.16 Å². The van der Waals surface area contributed by atoms with Crippen molar-refractivity contribution in [3.63, 3.8) is 0 Å². The van der Waals surface area contributed by atoms with Crippen LogP contribution in [0.5, 0.6) is 0 Å². The molecule has 3 heterocycles. The van der Waals surface area contributed by atoms with Gasteiger partial charge in [-0.1, -0.05) is 29.4 Å². The quantitative estimate of drug-likeness (QED) is 0.329. The van der Waals surface area contributed by atoms with Crippen molar-refractivity contribution in [2.75, 3.05) is 6.26 Å². The van der Waals surface area contributed by atoms with Crippen molar-refractivity contribution in [3.05, 3.63) is 65.5 Å². The fraction of sp³-hybridized carbons (Fsp3) is 0.167. The topological polar surface area (TPSA) is 56.7 Å². The van der Waals surface area contributed by atoms with Crippen molar-refractivity contribution < 1.29 is 4.42 Å². The van der Waals surface area contributed by atoms with Gasteiger partial charge in [-0.05, 0) is 36.6 Å². The Morgan fingerprint density at radius 1 is 1.23 bits per heavy atom. The second kappa shape index (κ2) is 7.73. The van der Waals surface area contributed by atoms with Crippen LogP contribution in [0.4, 0.5) is 0 Å². The molecule has 8 heteroatoms. The van der Waals surface area contributed by atoms with E-state index in [-0.39, 0.29) is 0 Å². The zero-order valence-corrected chi connectivity index (χ0v) is 16.3. The number of aromatic nitrogens is 4. The van der Waals surface area contributed by atoms with E-state index in [4.69, 9.17) is 16.0 Å². The van der Waals surface area contributed by atoms with Gasteiger partial charge in [-0.25, -0.2) is 4.98 Å². The molecular weight excluding hydrogens is 388 g/mol. The van der Waals surface area contributed by atoms with E-state index < -0.39 is 0 Å². The fourth-order valence-electron chi connectivity index (χ4n) is 2.57. The van der Waals surface area contributed by atoms with Crippen LogP contribution in [0, 0.1) is 0 Å². The summed E-state index contributed by atoms with van der Waals surface area (Å²) < 4.78 is 7.35. The van der Waals surface area contributed by atoms with Crippen LogP contribution in [0.2, 0.25) is 5.15 Å². The minimum absolute atomic E-state index is 0.528. The van der Waals surface area contributed by atoms with Gasteiger partial charge in [-0.15, -0.1) is 22.0 Å². The number of rotatable bonds is 6. The van der Waals surface area contributed by atoms with E-state index in [1.54, 1.807) is 36.1 Å². The van der Waals surface area contributed by atoms with Gasteiger partial charge < -0.3 is 8.98 Å². The van der Waals surface area contributed by atoms with Crippen LogP contribution in [-0.2, 0) is 12.3 Å². The normalized spacial score (nSPS) is 11.3. The van der Waals surface area contributed by atoms with E-state index in [0.717, 1.165) is 27.4 Å². The fourth-order valence-corrected chi connectivity index (χ4v) is 4.19. The van der Waals surface area contributed by atoms with Gasteiger partial charge in [0, 0.05) is 21.6 Å². The highest BCUT2D eigenvalue weighted by Gasteiger charge is 2.11. The molecule has 4 aromatic rings. The number of halogens is 1. The lowest BCUT2D eigenvalue weighted by molar-refractivity contribution is 0.484. The van der Waals surface area contributed by atoms with E-state index in [1.807, 2.05) is 23.0 Å². The van der Waals surface area contributed by atoms with Crippen LogP contribution in [0.1, 0.15) is 11.3 Å². The average Bonchev–Trinajstić information content (AvgIpc) is 3.32. The van der Waals surface area contributed by atoms with E-state index in [9.17, 15) is 0 Å². The maximum atomic E-state index is 6.40. The van der Waals surface area contributed by atoms with Gasteiger partial charge in [-0.3, -0.25) is 0 Å². The molecule has 26 heavy (non-hydrogen) atoms. The van der Waals surface area contributed by atoms with Crippen molar-refractivity contribution in [2.24, 2.45) is 0 Å².